The fourth-order valence-electron chi connectivity index (χ4n) is 3.68. The Hall–Kier alpha value is -1.52. The van der Waals surface area contributed by atoms with Crippen molar-refractivity contribution in [3.8, 4) is 0 Å². The number of aldehydes is 1. The molecular weight excluding hydrogens is 304 g/mol. The van der Waals surface area contributed by atoms with Crippen LogP contribution < -0.4 is 10.6 Å². The molecule has 1 saturated heterocycles. The number of nitrogens with one attached hydrogen (secondary N) is 2. The predicted molar refractivity (Wildman–Crippen MR) is 94.6 cm³/mol. The van der Waals surface area contributed by atoms with Crippen molar-refractivity contribution >= 4 is 12.3 Å². The van der Waals surface area contributed by atoms with Gasteiger partial charge >= 0.3 is 6.03 Å². The molecule has 1 aliphatic carbocycles. The fraction of sp³-hybridized carbons (Fsp3) is 0.789. The molecule has 5 nitrogen and oxygen atoms in total. The van der Waals surface area contributed by atoms with Crippen LogP contribution in [-0.4, -0.2) is 31.5 Å². The summed E-state index contributed by atoms with van der Waals surface area (Å²) < 4.78 is 6.23. The first-order chi connectivity index (χ1) is 11.5. The number of hydrogen-bond acceptors (Lipinski definition) is 3. The van der Waals surface area contributed by atoms with Gasteiger partial charge in [-0.1, -0.05) is 20.3 Å². The van der Waals surface area contributed by atoms with Gasteiger partial charge in [0.25, 0.3) is 0 Å². The number of amides is 2. The monoisotopic (exact) mass is 336 g/mol. The van der Waals surface area contributed by atoms with Crippen LogP contribution in [0, 0.1) is 17.8 Å². The second-order valence-corrected chi connectivity index (χ2v) is 7.60. The van der Waals surface area contributed by atoms with Gasteiger partial charge in [0.15, 0.2) is 0 Å². The molecule has 1 heterocycles. The van der Waals surface area contributed by atoms with E-state index in [9.17, 15) is 9.59 Å². The molecule has 2 amide bonds. The zero-order valence-electron chi connectivity index (χ0n) is 15.3. The summed E-state index contributed by atoms with van der Waals surface area (Å²) in [5.41, 5.74) is 0.718. The molecule has 2 aliphatic rings. The number of urea groups is 1. The van der Waals surface area contributed by atoms with Gasteiger partial charge in [-0.05, 0) is 50.4 Å². The van der Waals surface area contributed by atoms with Gasteiger partial charge in [-0.2, -0.15) is 0 Å². The zero-order valence-corrected chi connectivity index (χ0v) is 15.3. The summed E-state index contributed by atoms with van der Waals surface area (Å²) in [5, 5.41) is 5.71. The lowest BCUT2D eigenvalue weighted by molar-refractivity contribution is -0.105. The van der Waals surface area contributed by atoms with E-state index >= 15 is 0 Å². The Morgan fingerprint density at radius 3 is 2.67 bits per heavy atom. The maximum atomic E-state index is 11.2. The second kappa shape index (κ2) is 9.09. The van der Waals surface area contributed by atoms with E-state index in [1.54, 1.807) is 0 Å². The van der Waals surface area contributed by atoms with Crippen LogP contribution in [0.15, 0.2) is 11.3 Å². The Labute approximate surface area is 145 Å². The molecule has 1 saturated carbocycles. The number of ether oxygens (including phenoxy) is 1. The first-order valence-corrected chi connectivity index (χ1v) is 9.32. The number of rotatable bonds is 7. The zero-order chi connectivity index (χ0) is 17.5. The summed E-state index contributed by atoms with van der Waals surface area (Å²) in [4.78, 5) is 22.4. The minimum absolute atomic E-state index is 0.0782. The van der Waals surface area contributed by atoms with Gasteiger partial charge in [-0.3, -0.25) is 4.79 Å². The van der Waals surface area contributed by atoms with Crippen LogP contribution in [0.3, 0.4) is 0 Å². The molecule has 0 bridgehead atoms. The molecule has 0 aromatic rings. The van der Waals surface area contributed by atoms with Crippen LogP contribution in [0.5, 0.6) is 0 Å². The Balaban J connectivity index is 1.87. The second-order valence-electron chi connectivity index (χ2n) is 7.60. The van der Waals surface area contributed by atoms with Crippen molar-refractivity contribution in [3.63, 3.8) is 0 Å². The Morgan fingerprint density at radius 1 is 1.33 bits per heavy atom. The van der Waals surface area contributed by atoms with Crippen LogP contribution in [0.2, 0.25) is 0 Å². The van der Waals surface area contributed by atoms with E-state index in [0.717, 1.165) is 56.4 Å². The molecule has 2 N–H and O–H groups in total. The normalized spacial score (nSPS) is 27.5. The van der Waals surface area contributed by atoms with Gasteiger partial charge in [-0.25, -0.2) is 4.79 Å². The van der Waals surface area contributed by atoms with Crippen LogP contribution in [0.25, 0.3) is 0 Å². The molecule has 0 spiro atoms. The van der Waals surface area contributed by atoms with Crippen molar-refractivity contribution in [2.45, 2.75) is 65.4 Å². The van der Waals surface area contributed by atoms with Gasteiger partial charge in [0.1, 0.15) is 12.0 Å². The molecule has 5 heteroatoms. The molecule has 1 aliphatic heterocycles. The first kappa shape index (κ1) is 18.8. The summed E-state index contributed by atoms with van der Waals surface area (Å²) >= 11 is 0. The summed E-state index contributed by atoms with van der Waals surface area (Å²) in [6, 6.07) is -0.0782. The third-order valence-electron chi connectivity index (χ3n) is 5.49. The molecule has 3 atom stereocenters. The standard InChI is InChI=1S/C19H32N2O3/c1-13-5-4-6-17(9-13)24-18(15(3)12-22)8-7-14(2)16-10-20-19(23)21-11-16/h12-14,16-17H,4-11H2,1-3H3,(H2,20,21,23)/b18-15-/t13-,14?,17+/m0/s1. The smallest absolute Gasteiger partial charge is 0.314 e. The quantitative estimate of drug-likeness (QED) is 0.425. The van der Waals surface area contributed by atoms with E-state index < -0.39 is 0 Å². The third-order valence-corrected chi connectivity index (χ3v) is 5.49. The van der Waals surface area contributed by atoms with Crippen LogP contribution in [0.4, 0.5) is 4.79 Å². The highest BCUT2D eigenvalue weighted by atomic mass is 16.5. The number of carbonyl (C=O) groups is 2. The molecule has 136 valence electrons. The SMILES string of the molecule is C/C(C=O)=C(\CCC(C)C1CNC(=O)NC1)O[C@@H]1CCC[C@H](C)C1. The summed E-state index contributed by atoms with van der Waals surface area (Å²) in [7, 11) is 0. The minimum atomic E-state index is -0.0782. The average Bonchev–Trinajstić information content (AvgIpc) is 2.58. The Morgan fingerprint density at radius 2 is 2.04 bits per heavy atom. The lowest BCUT2D eigenvalue weighted by atomic mass is 9.87. The van der Waals surface area contributed by atoms with Crippen molar-refractivity contribution in [3.05, 3.63) is 11.3 Å². The summed E-state index contributed by atoms with van der Waals surface area (Å²) in [5.74, 6) is 2.46. The van der Waals surface area contributed by atoms with E-state index in [2.05, 4.69) is 24.5 Å². The largest absolute Gasteiger partial charge is 0.494 e. The first-order valence-electron chi connectivity index (χ1n) is 9.32. The van der Waals surface area contributed by atoms with Crippen molar-refractivity contribution in [1.82, 2.24) is 10.6 Å². The summed E-state index contributed by atoms with van der Waals surface area (Å²) in [6.07, 6.45) is 7.59. The van der Waals surface area contributed by atoms with Gasteiger partial charge in [0, 0.05) is 25.1 Å². The predicted octanol–water partition coefficient (Wildman–Crippen LogP) is 3.40. The molecular formula is C19H32N2O3. The highest BCUT2D eigenvalue weighted by Crippen LogP contribution is 2.30. The molecule has 0 aromatic heterocycles. The van der Waals surface area contributed by atoms with Crippen LogP contribution in [-0.2, 0) is 9.53 Å². The molecule has 0 radical (unpaired) electrons. The van der Waals surface area contributed by atoms with E-state index in [0.29, 0.717) is 17.8 Å². The third kappa shape index (κ3) is 5.53. The van der Waals surface area contributed by atoms with Gasteiger partial charge in [0.05, 0.1) is 6.10 Å². The lowest BCUT2D eigenvalue weighted by Gasteiger charge is -2.31. The van der Waals surface area contributed by atoms with Crippen molar-refractivity contribution in [1.29, 1.82) is 0 Å². The van der Waals surface area contributed by atoms with Gasteiger partial charge in [-0.15, -0.1) is 0 Å². The van der Waals surface area contributed by atoms with Crippen molar-refractivity contribution in [2.75, 3.05) is 13.1 Å². The van der Waals surface area contributed by atoms with E-state index in [-0.39, 0.29) is 12.1 Å². The molecule has 2 rings (SSSR count). The Kier molecular flexibility index (Phi) is 7.13. The van der Waals surface area contributed by atoms with E-state index in [1.165, 1.54) is 12.8 Å². The topological polar surface area (TPSA) is 67.4 Å². The number of carbonyl (C=O) groups excluding carboxylic acids is 2. The van der Waals surface area contributed by atoms with Gasteiger partial charge < -0.3 is 15.4 Å². The lowest BCUT2D eigenvalue weighted by Crippen LogP contribution is -2.49. The van der Waals surface area contributed by atoms with Crippen LogP contribution >= 0.6 is 0 Å². The molecule has 0 aromatic carbocycles. The highest BCUT2D eigenvalue weighted by molar-refractivity contribution is 5.74. The maximum absolute atomic E-state index is 11.2. The summed E-state index contributed by atoms with van der Waals surface area (Å²) in [6.45, 7) is 7.78. The molecule has 24 heavy (non-hydrogen) atoms. The number of allylic oxidation sites excluding steroid dienone is 2. The van der Waals surface area contributed by atoms with E-state index in [4.69, 9.17) is 4.74 Å². The van der Waals surface area contributed by atoms with Crippen LogP contribution in [0.1, 0.15) is 59.3 Å². The maximum Gasteiger partial charge on any atom is 0.314 e. The Bertz CT molecular complexity index is 465. The number of hydrogen-bond donors (Lipinski definition) is 2. The molecule has 2 fully saturated rings. The van der Waals surface area contributed by atoms with Crippen molar-refractivity contribution < 1.29 is 14.3 Å². The minimum Gasteiger partial charge on any atom is -0.494 e. The highest BCUT2D eigenvalue weighted by Gasteiger charge is 2.25. The molecule has 1 unspecified atom stereocenters. The van der Waals surface area contributed by atoms with Crippen molar-refractivity contribution in [2.24, 2.45) is 17.8 Å². The fourth-order valence-corrected chi connectivity index (χ4v) is 3.68. The van der Waals surface area contributed by atoms with E-state index in [1.807, 2.05) is 6.92 Å². The van der Waals surface area contributed by atoms with Gasteiger partial charge in [0.2, 0.25) is 0 Å². The average molecular weight is 336 g/mol.